The Kier molecular flexibility index (Phi) is 4.22. The number of hydrogen-bond acceptors (Lipinski definition) is 3. The van der Waals surface area contributed by atoms with Gasteiger partial charge in [-0.1, -0.05) is 0 Å². The average molecular weight is 254 g/mol. The van der Waals surface area contributed by atoms with Gasteiger partial charge < -0.3 is 4.74 Å². The number of rotatable bonds is 6. The van der Waals surface area contributed by atoms with Gasteiger partial charge in [0.05, 0.1) is 11.8 Å². The largest absolute Gasteiger partial charge is 0.367 e. The molecule has 0 aromatic carbocycles. The van der Waals surface area contributed by atoms with Crippen molar-refractivity contribution in [1.82, 2.24) is 9.78 Å². The summed E-state index contributed by atoms with van der Waals surface area (Å²) in [5, 5.41) is 3.69. The molecule has 0 saturated heterocycles. The molecule has 0 aliphatic rings. The van der Waals surface area contributed by atoms with E-state index in [9.17, 15) is 22.4 Å². The van der Waals surface area contributed by atoms with Crippen molar-refractivity contribution in [2.75, 3.05) is 13.2 Å². The fourth-order valence-corrected chi connectivity index (χ4v) is 0.991. The number of aryl methyl sites for hydroxylation is 1. The molecule has 1 rings (SSSR count). The molecule has 4 nitrogen and oxygen atoms in total. The highest BCUT2D eigenvalue weighted by molar-refractivity contribution is 5.96. The molecule has 96 valence electrons. The number of alkyl halides is 4. The van der Waals surface area contributed by atoms with Gasteiger partial charge in [-0.15, -0.1) is 0 Å². The topological polar surface area (TPSA) is 44.1 Å². The summed E-state index contributed by atoms with van der Waals surface area (Å²) in [6.07, 6.45) is -1.20. The summed E-state index contributed by atoms with van der Waals surface area (Å²) in [6, 6.07) is 0. The number of hydrogen-bond donors (Lipinski definition) is 0. The van der Waals surface area contributed by atoms with Crippen molar-refractivity contribution in [2.24, 2.45) is 7.05 Å². The van der Waals surface area contributed by atoms with Crippen LogP contribution in [-0.4, -0.2) is 41.1 Å². The van der Waals surface area contributed by atoms with Crippen LogP contribution < -0.4 is 0 Å². The van der Waals surface area contributed by atoms with Crippen LogP contribution in [0, 0.1) is 0 Å². The zero-order valence-electron chi connectivity index (χ0n) is 8.87. The molecular formula is C9H10F4N2O2. The van der Waals surface area contributed by atoms with Crippen LogP contribution in [0.2, 0.25) is 0 Å². The third-order valence-electron chi connectivity index (χ3n) is 1.87. The Hall–Kier alpha value is -1.44. The van der Waals surface area contributed by atoms with Gasteiger partial charge in [0, 0.05) is 13.2 Å². The smallest absolute Gasteiger partial charge is 0.330 e. The zero-order chi connectivity index (χ0) is 13.1. The summed E-state index contributed by atoms with van der Waals surface area (Å²) in [5.41, 5.74) is 0.174. The molecule has 0 bridgehead atoms. The minimum atomic E-state index is -4.24. The maximum atomic E-state index is 12.4. The Balaban J connectivity index is 2.40. The highest BCUT2D eigenvalue weighted by Gasteiger charge is 2.41. The lowest BCUT2D eigenvalue weighted by atomic mass is 10.2. The van der Waals surface area contributed by atoms with Gasteiger partial charge in [-0.2, -0.15) is 13.9 Å². The number of Topliss-reactive ketones (excluding diaryl/α,β-unsaturated/α-hetero) is 1. The maximum absolute atomic E-state index is 12.4. The second-order valence-corrected chi connectivity index (χ2v) is 3.38. The zero-order valence-corrected chi connectivity index (χ0v) is 8.87. The fraction of sp³-hybridized carbons (Fsp3) is 0.556. The van der Waals surface area contributed by atoms with Gasteiger partial charge in [0.2, 0.25) is 0 Å². The van der Waals surface area contributed by atoms with Crippen LogP contribution in [0.4, 0.5) is 17.6 Å². The van der Waals surface area contributed by atoms with Crippen molar-refractivity contribution in [2.45, 2.75) is 12.3 Å². The van der Waals surface area contributed by atoms with Gasteiger partial charge in [0.15, 0.2) is 5.78 Å². The van der Waals surface area contributed by atoms with E-state index in [-0.39, 0.29) is 5.56 Å². The molecule has 1 heterocycles. The van der Waals surface area contributed by atoms with Crippen LogP contribution in [0.25, 0.3) is 0 Å². The molecule has 17 heavy (non-hydrogen) atoms. The first-order chi connectivity index (χ1) is 7.83. The van der Waals surface area contributed by atoms with Crippen LogP contribution in [-0.2, 0) is 11.8 Å². The van der Waals surface area contributed by atoms with E-state index in [0.29, 0.717) is 0 Å². The molecule has 0 saturated carbocycles. The van der Waals surface area contributed by atoms with Gasteiger partial charge in [-0.25, -0.2) is 8.78 Å². The minimum Gasteiger partial charge on any atom is -0.367 e. The second-order valence-electron chi connectivity index (χ2n) is 3.38. The Bertz CT molecular complexity index is 392. The normalized spacial score (nSPS) is 12.1. The molecule has 0 amide bonds. The molecule has 0 atom stereocenters. The molecular weight excluding hydrogens is 244 g/mol. The van der Waals surface area contributed by atoms with Crippen LogP contribution in [0.5, 0.6) is 0 Å². The van der Waals surface area contributed by atoms with Gasteiger partial charge in [0.25, 0.3) is 0 Å². The highest BCUT2D eigenvalue weighted by Crippen LogP contribution is 2.22. The number of ketones is 1. The molecule has 0 N–H and O–H groups in total. The summed E-state index contributed by atoms with van der Waals surface area (Å²) in [4.78, 5) is 11.3. The third kappa shape index (κ3) is 3.81. The van der Waals surface area contributed by atoms with Crippen molar-refractivity contribution in [3.63, 3.8) is 0 Å². The second kappa shape index (κ2) is 5.26. The Labute approximate surface area is 94.2 Å². The summed E-state index contributed by atoms with van der Waals surface area (Å²) in [7, 11) is 1.57. The summed E-state index contributed by atoms with van der Waals surface area (Å²) in [5.74, 6) is -4.84. The number of carbonyl (C=O) groups excluding carboxylic acids is 1. The monoisotopic (exact) mass is 254 g/mol. The molecule has 0 fully saturated rings. The first-order valence-corrected chi connectivity index (χ1v) is 4.58. The van der Waals surface area contributed by atoms with E-state index in [1.165, 1.54) is 17.1 Å². The third-order valence-corrected chi connectivity index (χ3v) is 1.87. The Morgan fingerprint density at radius 3 is 2.71 bits per heavy atom. The van der Waals surface area contributed by atoms with Crippen LogP contribution in [0.15, 0.2) is 12.4 Å². The first-order valence-electron chi connectivity index (χ1n) is 4.58. The van der Waals surface area contributed by atoms with Crippen LogP contribution in [0.1, 0.15) is 10.4 Å². The van der Waals surface area contributed by atoms with Crippen molar-refractivity contribution in [1.29, 1.82) is 0 Å². The van der Waals surface area contributed by atoms with Crippen LogP contribution >= 0.6 is 0 Å². The molecule has 0 aliphatic heterocycles. The van der Waals surface area contributed by atoms with Crippen LogP contribution in [0.3, 0.4) is 0 Å². The van der Waals surface area contributed by atoms with Crippen molar-refractivity contribution in [3.8, 4) is 0 Å². The first kappa shape index (κ1) is 13.6. The maximum Gasteiger partial charge on any atom is 0.330 e. The number of carbonyl (C=O) groups is 1. The van der Waals surface area contributed by atoms with Crippen molar-refractivity contribution in [3.05, 3.63) is 18.0 Å². The molecule has 1 aromatic rings. The number of halogens is 4. The van der Waals surface area contributed by atoms with E-state index in [0.717, 1.165) is 0 Å². The van der Waals surface area contributed by atoms with E-state index in [1.807, 2.05) is 0 Å². The average Bonchev–Trinajstić information content (AvgIpc) is 2.64. The summed E-state index contributed by atoms with van der Waals surface area (Å²) < 4.78 is 53.9. The summed E-state index contributed by atoms with van der Waals surface area (Å²) >= 11 is 0. The van der Waals surface area contributed by atoms with E-state index in [2.05, 4.69) is 9.84 Å². The van der Waals surface area contributed by atoms with E-state index < -0.39 is 31.3 Å². The van der Waals surface area contributed by atoms with Gasteiger partial charge in [-0.3, -0.25) is 9.48 Å². The number of aromatic nitrogens is 2. The van der Waals surface area contributed by atoms with Gasteiger partial charge in [-0.05, 0) is 0 Å². The molecule has 0 aliphatic carbocycles. The van der Waals surface area contributed by atoms with E-state index in [4.69, 9.17) is 0 Å². The fourth-order valence-electron chi connectivity index (χ4n) is 0.991. The lowest BCUT2D eigenvalue weighted by Crippen LogP contribution is -2.33. The van der Waals surface area contributed by atoms with E-state index in [1.54, 1.807) is 7.05 Å². The molecule has 0 radical (unpaired) electrons. The molecule has 0 unspecified atom stereocenters. The summed E-state index contributed by atoms with van der Waals surface area (Å²) in [6.45, 7) is -2.18. The van der Waals surface area contributed by atoms with Crippen molar-refractivity contribution < 1.29 is 27.1 Å². The highest BCUT2D eigenvalue weighted by atomic mass is 19.3. The number of ether oxygens (including phenoxy) is 1. The molecule has 0 spiro atoms. The van der Waals surface area contributed by atoms with Gasteiger partial charge >= 0.3 is 12.3 Å². The molecule has 1 aromatic heterocycles. The quantitative estimate of drug-likeness (QED) is 0.571. The minimum absolute atomic E-state index is 0.174. The Morgan fingerprint density at radius 1 is 1.59 bits per heavy atom. The Morgan fingerprint density at radius 2 is 2.24 bits per heavy atom. The standard InChI is InChI=1S/C9H10F4N2O2/c1-15-3-6(2-14-15)7(16)4-17-5-9(12,13)8(10)11/h2-3,8H,4-5H2,1H3. The SMILES string of the molecule is Cn1cc(C(=O)COCC(F)(F)C(F)F)cn1. The van der Waals surface area contributed by atoms with Gasteiger partial charge in [0.1, 0.15) is 13.2 Å². The van der Waals surface area contributed by atoms with Crippen molar-refractivity contribution >= 4 is 5.78 Å². The van der Waals surface area contributed by atoms with E-state index >= 15 is 0 Å². The predicted octanol–water partition coefficient (Wildman–Crippen LogP) is 1.52. The lowest BCUT2D eigenvalue weighted by molar-refractivity contribution is -0.163. The number of nitrogens with zero attached hydrogens (tertiary/aromatic N) is 2. The molecule has 8 heteroatoms. The lowest BCUT2D eigenvalue weighted by Gasteiger charge is -2.14. The predicted molar refractivity (Wildman–Crippen MR) is 49.3 cm³/mol.